The van der Waals surface area contributed by atoms with Crippen LogP contribution < -0.4 is 5.32 Å². The van der Waals surface area contributed by atoms with Crippen LogP contribution in [-0.2, 0) is 4.74 Å². The Labute approximate surface area is 88.8 Å². The van der Waals surface area contributed by atoms with Gasteiger partial charge >= 0.3 is 0 Å². The van der Waals surface area contributed by atoms with Crippen molar-refractivity contribution in [2.45, 2.75) is 24.9 Å². The van der Waals surface area contributed by atoms with E-state index >= 15 is 0 Å². The number of nitrogens with one attached hydrogen (secondary N) is 1. The van der Waals surface area contributed by atoms with Crippen LogP contribution in [-0.4, -0.2) is 56.3 Å². The van der Waals surface area contributed by atoms with Crippen LogP contribution in [0.5, 0.6) is 0 Å². The highest BCUT2D eigenvalue weighted by Crippen LogP contribution is 2.26. The minimum atomic E-state index is -2.50. The Balaban J connectivity index is 1.78. The summed E-state index contributed by atoms with van der Waals surface area (Å²) in [6, 6.07) is 0. The number of halogens is 2. The molecule has 15 heavy (non-hydrogen) atoms. The fourth-order valence-electron chi connectivity index (χ4n) is 2.23. The molecular weight excluding hydrogens is 202 g/mol. The summed E-state index contributed by atoms with van der Waals surface area (Å²) >= 11 is 0. The van der Waals surface area contributed by atoms with Crippen LogP contribution in [0.15, 0.2) is 0 Å². The molecule has 1 unspecified atom stereocenters. The van der Waals surface area contributed by atoms with E-state index in [1.54, 1.807) is 0 Å². The molecule has 0 spiro atoms. The highest BCUT2D eigenvalue weighted by molar-refractivity contribution is 4.81. The number of alkyl halides is 2. The van der Waals surface area contributed by atoms with Gasteiger partial charge in [-0.3, -0.25) is 4.90 Å². The van der Waals surface area contributed by atoms with Gasteiger partial charge in [0.05, 0.1) is 19.3 Å². The van der Waals surface area contributed by atoms with Gasteiger partial charge in [-0.05, 0) is 13.0 Å². The Morgan fingerprint density at radius 3 is 3.00 bits per heavy atom. The van der Waals surface area contributed by atoms with Gasteiger partial charge in [-0.15, -0.1) is 0 Å². The Morgan fingerprint density at radius 1 is 1.47 bits per heavy atom. The lowest BCUT2D eigenvalue weighted by Gasteiger charge is -2.35. The average molecular weight is 220 g/mol. The van der Waals surface area contributed by atoms with Gasteiger partial charge in [0.15, 0.2) is 0 Å². The summed E-state index contributed by atoms with van der Waals surface area (Å²) in [7, 11) is 0. The van der Waals surface area contributed by atoms with Crippen LogP contribution in [0.25, 0.3) is 0 Å². The van der Waals surface area contributed by atoms with Crippen LogP contribution in [0.4, 0.5) is 8.78 Å². The van der Waals surface area contributed by atoms with Crippen LogP contribution >= 0.6 is 0 Å². The lowest BCUT2D eigenvalue weighted by Crippen LogP contribution is -2.50. The molecule has 2 rings (SSSR count). The molecule has 2 aliphatic rings. The average Bonchev–Trinajstić information content (AvgIpc) is 2.17. The maximum absolute atomic E-state index is 13.1. The first-order valence-corrected chi connectivity index (χ1v) is 5.58. The Bertz CT molecular complexity index is 208. The highest BCUT2D eigenvalue weighted by atomic mass is 19.3. The lowest BCUT2D eigenvalue weighted by molar-refractivity contribution is -0.0798. The molecule has 1 atom stereocenters. The third-order valence-corrected chi connectivity index (χ3v) is 2.94. The zero-order valence-electron chi connectivity index (χ0n) is 8.85. The molecule has 2 heterocycles. The molecular formula is C10H18F2N2O. The zero-order chi connectivity index (χ0) is 10.7. The van der Waals surface area contributed by atoms with Gasteiger partial charge in [0, 0.05) is 26.1 Å². The molecule has 0 aromatic heterocycles. The molecule has 2 saturated heterocycles. The monoisotopic (exact) mass is 220 g/mol. The van der Waals surface area contributed by atoms with E-state index in [1.165, 1.54) is 0 Å². The normalized spacial score (nSPS) is 32.8. The summed E-state index contributed by atoms with van der Waals surface area (Å²) in [5.41, 5.74) is 0. The fourth-order valence-corrected chi connectivity index (χ4v) is 2.23. The van der Waals surface area contributed by atoms with E-state index in [0.29, 0.717) is 19.6 Å². The standard InChI is InChI=1S/C10H18F2N2O/c11-10(12)2-1-4-14(8-10)7-9-6-13-3-5-15-9/h9,13H,1-8H2. The fraction of sp³-hybridized carbons (Fsp3) is 1.00. The second-order valence-corrected chi connectivity index (χ2v) is 4.39. The Kier molecular flexibility index (Phi) is 3.53. The molecule has 0 aliphatic carbocycles. The third kappa shape index (κ3) is 3.36. The predicted molar refractivity (Wildman–Crippen MR) is 53.2 cm³/mol. The quantitative estimate of drug-likeness (QED) is 0.741. The van der Waals surface area contributed by atoms with Crippen molar-refractivity contribution in [2.24, 2.45) is 0 Å². The van der Waals surface area contributed by atoms with E-state index in [0.717, 1.165) is 19.6 Å². The molecule has 3 nitrogen and oxygen atoms in total. The minimum Gasteiger partial charge on any atom is -0.374 e. The second-order valence-electron chi connectivity index (χ2n) is 4.39. The lowest BCUT2D eigenvalue weighted by atomic mass is 10.1. The van der Waals surface area contributed by atoms with Crippen molar-refractivity contribution in [3.05, 3.63) is 0 Å². The number of hydrogen-bond donors (Lipinski definition) is 1. The molecule has 5 heteroatoms. The van der Waals surface area contributed by atoms with Gasteiger partial charge in [0.1, 0.15) is 0 Å². The summed E-state index contributed by atoms with van der Waals surface area (Å²) < 4.78 is 31.7. The maximum Gasteiger partial charge on any atom is 0.260 e. The first-order chi connectivity index (χ1) is 7.16. The van der Waals surface area contributed by atoms with Gasteiger partial charge in [0.2, 0.25) is 0 Å². The van der Waals surface area contributed by atoms with Gasteiger partial charge in [-0.1, -0.05) is 0 Å². The smallest absolute Gasteiger partial charge is 0.260 e. The van der Waals surface area contributed by atoms with Crippen molar-refractivity contribution in [1.29, 1.82) is 0 Å². The number of rotatable bonds is 2. The van der Waals surface area contributed by atoms with E-state index in [-0.39, 0.29) is 19.1 Å². The number of hydrogen-bond acceptors (Lipinski definition) is 3. The van der Waals surface area contributed by atoms with Gasteiger partial charge < -0.3 is 10.1 Å². The summed E-state index contributed by atoms with van der Waals surface area (Å²) in [5, 5.41) is 3.21. The Hall–Kier alpha value is -0.260. The van der Waals surface area contributed by atoms with Crippen molar-refractivity contribution in [3.63, 3.8) is 0 Å². The largest absolute Gasteiger partial charge is 0.374 e. The van der Waals surface area contributed by atoms with E-state index in [1.807, 2.05) is 4.90 Å². The van der Waals surface area contributed by atoms with Gasteiger partial charge in [-0.25, -0.2) is 8.78 Å². The van der Waals surface area contributed by atoms with Crippen LogP contribution in [0.1, 0.15) is 12.8 Å². The van der Waals surface area contributed by atoms with Crippen molar-refractivity contribution < 1.29 is 13.5 Å². The third-order valence-electron chi connectivity index (χ3n) is 2.94. The van der Waals surface area contributed by atoms with Crippen LogP contribution in [0.2, 0.25) is 0 Å². The molecule has 2 aliphatic heterocycles. The number of ether oxygens (including phenoxy) is 1. The Morgan fingerprint density at radius 2 is 2.33 bits per heavy atom. The van der Waals surface area contributed by atoms with Gasteiger partial charge in [-0.2, -0.15) is 0 Å². The number of piperidine rings is 1. The molecule has 0 aromatic carbocycles. The highest BCUT2D eigenvalue weighted by Gasteiger charge is 2.35. The number of likely N-dealkylation sites (tertiary alicyclic amines) is 1. The van der Waals surface area contributed by atoms with E-state index in [4.69, 9.17) is 4.74 Å². The topological polar surface area (TPSA) is 24.5 Å². The van der Waals surface area contributed by atoms with E-state index in [2.05, 4.69) is 5.32 Å². The molecule has 2 fully saturated rings. The van der Waals surface area contributed by atoms with Crippen molar-refractivity contribution in [2.75, 3.05) is 39.3 Å². The zero-order valence-corrected chi connectivity index (χ0v) is 8.85. The first kappa shape index (κ1) is 11.2. The summed E-state index contributed by atoms with van der Waals surface area (Å²) in [6.07, 6.45) is 0.702. The predicted octanol–water partition coefficient (Wildman–Crippen LogP) is 0.706. The van der Waals surface area contributed by atoms with Crippen molar-refractivity contribution in [3.8, 4) is 0 Å². The van der Waals surface area contributed by atoms with Crippen molar-refractivity contribution in [1.82, 2.24) is 10.2 Å². The molecule has 1 N–H and O–H groups in total. The summed E-state index contributed by atoms with van der Waals surface area (Å²) in [4.78, 5) is 1.82. The van der Waals surface area contributed by atoms with Crippen LogP contribution in [0, 0.1) is 0 Å². The first-order valence-electron chi connectivity index (χ1n) is 5.58. The van der Waals surface area contributed by atoms with E-state index < -0.39 is 5.92 Å². The van der Waals surface area contributed by atoms with Gasteiger partial charge in [0.25, 0.3) is 5.92 Å². The molecule has 0 saturated carbocycles. The molecule has 0 aromatic rings. The minimum absolute atomic E-state index is 0.0350. The molecule has 0 bridgehead atoms. The van der Waals surface area contributed by atoms with Crippen molar-refractivity contribution >= 4 is 0 Å². The molecule has 88 valence electrons. The number of nitrogens with zero attached hydrogens (tertiary/aromatic N) is 1. The van der Waals surface area contributed by atoms with Crippen LogP contribution in [0.3, 0.4) is 0 Å². The molecule has 0 radical (unpaired) electrons. The van der Waals surface area contributed by atoms with E-state index in [9.17, 15) is 8.78 Å². The second kappa shape index (κ2) is 4.72. The summed E-state index contributed by atoms with van der Waals surface area (Å²) in [6.45, 7) is 3.63. The maximum atomic E-state index is 13.1. The number of morpholine rings is 1. The SMILES string of the molecule is FC1(F)CCCN(CC2CNCCO2)C1. The molecule has 0 amide bonds. The summed E-state index contributed by atoms with van der Waals surface area (Å²) in [5.74, 6) is -2.50.